The molecule has 5 aromatic rings. The molecule has 4 aromatic heterocycles. The maximum Gasteiger partial charge on any atom is 0.341 e. The number of anilines is 1. The molecule has 2 saturated heterocycles. The fraction of sp³-hybridized carbons (Fsp3) is 0.310. The molecule has 2 aliphatic rings. The van der Waals surface area contributed by atoms with Gasteiger partial charge in [0.05, 0.1) is 29.3 Å². The summed E-state index contributed by atoms with van der Waals surface area (Å²) in [5.74, 6) is -3.33. The second-order valence-corrected chi connectivity index (χ2v) is 10.5. The molecule has 2 aliphatic heterocycles. The number of aryl methyl sites for hydroxylation is 1. The number of nitrogens with zero attached hydrogens (tertiary/aromatic N) is 4. The van der Waals surface area contributed by atoms with Crippen LogP contribution in [0.4, 0.5) is 14.5 Å². The van der Waals surface area contributed by atoms with Crippen LogP contribution in [0.2, 0.25) is 0 Å². The van der Waals surface area contributed by atoms with Crippen molar-refractivity contribution in [3.8, 4) is 11.1 Å². The molecule has 0 bridgehead atoms. The summed E-state index contributed by atoms with van der Waals surface area (Å²) >= 11 is 0. The van der Waals surface area contributed by atoms with Gasteiger partial charge in [-0.2, -0.15) is 0 Å². The Labute approximate surface area is 238 Å². The van der Waals surface area contributed by atoms with Gasteiger partial charge in [-0.3, -0.25) is 9.69 Å². The lowest BCUT2D eigenvalue weighted by Crippen LogP contribution is -2.48. The molecular weight excluding hydrogens is 548 g/mol. The number of aromatic carboxylic acids is 1. The molecule has 0 aliphatic carbocycles. The van der Waals surface area contributed by atoms with E-state index in [1.54, 1.807) is 20.2 Å². The zero-order chi connectivity index (χ0) is 29.7. The molecule has 13 heteroatoms. The van der Waals surface area contributed by atoms with E-state index in [2.05, 4.69) is 37.5 Å². The third kappa shape index (κ3) is 4.65. The highest BCUT2D eigenvalue weighted by atomic mass is 19.2. The number of nitrogens with one attached hydrogen (secondary N) is 3. The van der Waals surface area contributed by atoms with Crippen molar-refractivity contribution in [2.75, 3.05) is 45.7 Å². The summed E-state index contributed by atoms with van der Waals surface area (Å²) in [6.45, 7) is 4.12. The predicted octanol–water partition coefficient (Wildman–Crippen LogP) is 2.94. The van der Waals surface area contributed by atoms with Gasteiger partial charge in [-0.15, -0.1) is 0 Å². The van der Waals surface area contributed by atoms with Crippen molar-refractivity contribution >= 4 is 44.6 Å². The highest BCUT2D eigenvalue weighted by Gasteiger charge is 2.33. The minimum Gasteiger partial charge on any atom is -0.477 e. The average molecular weight is 578 g/mol. The van der Waals surface area contributed by atoms with Crippen LogP contribution in [0, 0.1) is 11.6 Å². The minimum absolute atomic E-state index is 0.0523. The second-order valence-electron chi connectivity index (χ2n) is 10.5. The Morgan fingerprint density at radius 3 is 2.57 bits per heavy atom. The van der Waals surface area contributed by atoms with Crippen molar-refractivity contribution in [2.45, 2.75) is 12.1 Å². The third-order valence-electron chi connectivity index (χ3n) is 7.94. The first-order valence-electron chi connectivity index (χ1n) is 13.4. The largest absolute Gasteiger partial charge is 0.477 e. The normalized spacial score (nSPS) is 18.7. The Morgan fingerprint density at radius 1 is 1.12 bits per heavy atom. The number of ether oxygens (including phenoxy) is 1. The van der Waals surface area contributed by atoms with Crippen LogP contribution in [0.15, 0.2) is 41.6 Å². The van der Waals surface area contributed by atoms with Gasteiger partial charge in [-0.1, -0.05) is 0 Å². The maximum absolute atomic E-state index is 14.7. The summed E-state index contributed by atoms with van der Waals surface area (Å²) in [4.78, 5) is 38.1. The van der Waals surface area contributed by atoms with E-state index in [1.807, 2.05) is 0 Å². The van der Waals surface area contributed by atoms with Crippen LogP contribution in [0.5, 0.6) is 0 Å². The molecule has 218 valence electrons. The van der Waals surface area contributed by atoms with E-state index < -0.39 is 23.0 Å². The number of aromatic nitrogens is 4. The highest BCUT2D eigenvalue weighted by molar-refractivity contribution is 6.11. The number of hydrogen-bond acceptors (Lipinski definition) is 8. The Kier molecular flexibility index (Phi) is 7.09. The standard InChI is InChI=1S/C22H15F2N5O3.C7H14N2O/c1-25-15-5-14(23)17(24)16-11-3-9(6-26-20(11)28-18(15)16)10-4-12-19(30)13(22(31)32)8-29(2)21(12)27-7-10;1-9-2-3-10-7-5-8-4-6(7)9/h3-8,25H,1-2H3,(H,26,28)(H,31,32);6-8H,2-5H2,1H3/t;6-,7+/m.0/s1. The van der Waals surface area contributed by atoms with Gasteiger partial charge in [-0.25, -0.2) is 23.5 Å². The number of fused-ring (bicyclic) bond motifs is 5. The predicted molar refractivity (Wildman–Crippen MR) is 155 cm³/mol. The number of likely N-dealkylation sites (N-methyl/N-ethyl adjacent to an activating group) is 1. The number of aromatic amines is 1. The van der Waals surface area contributed by atoms with Gasteiger partial charge in [0.25, 0.3) is 0 Å². The Balaban J connectivity index is 0.000000265. The molecular formula is C29H29F2N7O4. The van der Waals surface area contributed by atoms with Crippen LogP contribution >= 0.6 is 0 Å². The van der Waals surface area contributed by atoms with Crippen molar-refractivity contribution in [1.29, 1.82) is 0 Å². The van der Waals surface area contributed by atoms with E-state index in [1.165, 1.54) is 29.2 Å². The van der Waals surface area contributed by atoms with Gasteiger partial charge >= 0.3 is 5.97 Å². The SMILES string of the molecule is CN1CCO[C@@H]2CNC[C@@H]21.CNc1cc(F)c(F)c2c1[nH]c1ncc(-c3cnc4c(c3)c(=O)c(C(=O)O)cn4C)cc12. The number of carboxylic acids is 1. The van der Waals surface area contributed by atoms with Gasteiger partial charge in [0, 0.05) is 86.3 Å². The van der Waals surface area contributed by atoms with Gasteiger partial charge in [-0.05, 0) is 19.2 Å². The van der Waals surface area contributed by atoms with Gasteiger partial charge in [0.15, 0.2) is 11.6 Å². The van der Waals surface area contributed by atoms with E-state index in [-0.39, 0.29) is 16.3 Å². The van der Waals surface area contributed by atoms with E-state index in [9.17, 15) is 23.5 Å². The van der Waals surface area contributed by atoms with Gasteiger partial charge in [0.1, 0.15) is 16.9 Å². The monoisotopic (exact) mass is 577 g/mol. The fourth-order valence-corrected chi connectivity index (χ4v) is 5.68. The lowest BCUT2D eigenvalue weighted by Gasteiger charge is -2.33. The number of rotatable bonds is 3. The Bertz CT molecular complexity index is 1920. The first-order valence-corrected chi connectivity index (χ1v) is 13.4. The molecule has 0 saturated carbocycles. The molecule has 11 nitrogen and oxygen atoms in total. The highest BCUT2D eigenvalue weighted by Crippen LogP contribution is 2.35. The molecule has 4 N–H and O–H groups in total. The van der Waals surface area contributed by atoms with Crippen LogP contribution in [0.1, 0.15) is 10.4 Å². The summed E-state index contributed by atoms with van der Waals surface area (Å²) in [7, 11) is 5.37. The Hall–Kier alpha value is -4.46. The van der Waals surface area contributed by atoms with Crippen molar-refractivity contribution in [3.05, 3.63) is 64.2 Å². The number of pyridine rings is 3. The van der Waals surface area contributed by atoms with E-state index in [0.717, 1.165) is 32.3 Å². The Morgan fingerprint density at radius 2 is 1.86 bits per heavy atom. The first-order chi connectivity index (χ1) is 20.2. The average Bonchev–Trinajstić information content (AvgIpc) is 3.62. The zero-order valence-electron chi connectivity index (χ0n) is 23.2. The van der Waals surface area contributed by atoms with Crippen molar-refractivity contribution < 1.29 is 23.4 Å². The number of carbonyl (C=O) groups is 1. The molecule has 7 rings (SSSR count). The molecule has 2 fully saturated rings. The number of H-pyrrole nitrogens is 1. The quantitative estimate of drug-likeness (QED) is 0.255. The topological polar surface area (TPSA) is 137 Å². The summed E-state index contributed by atoms with van der Waals surface area (Å²) in [6.07, 6.45) is 4.70. The molecule has 0 radical (unpaired) electrons. The number of carboxylic acid groups (broad SMARTS) is 1. The maximum atomic E-state index is 14.7. The minimum atomic E-state index is -1.34. The van der Waals surface area contributed by atoms with Gasteiger partial charge in [0.2, 0.25) is 5.43 Å². The number of morpholine rings is 1. The lowest BCUT2D eigenvalue weighted by molar-refractivity contribution is -0.0363. The summed E-state index contributed by atoms with van der Waals surface area (Å²) in [5.41, 5.74) is 1.39. The van der Waals surface area contributed by atoms with E-state index in [4.69, 9.17) is 4.74 Å². The van der Waals surface area contributed by atoms with E-state index >= 15 is 0 Å². The van der Waals surface area contributed by atoms with Crippen LogP contribution in [0.25, 0.3) is 44.1 Å². The van der Waals surface area contributed by atoms with Crippen LogP contribution in [-0.4, -0.2) is 88.0 Å². The van der Waals surface area contributed by atoms with Crippen molar-refractivity contribution in [3.63, 3.8) is 0 Å². The summed E-state index contributed by atoms with van der Waals surface area (Å²) in [5, 5.41) is 16.0. The van der Waals surface area contributed by atoms with Crippen LogP contribution in [-0.2, 0) is 11.8 Å². The summed E-state index contributed by atoms with van der Waals surface area (Å²) in [6, 6.07) is 4.84. The molecule has 1 aromatic carbocycles. The number of benzene rings is 1. The molecule has 42 heavy (non-hydrogen) atoms. The number of halogens is 2. The molecule has 0 spiro atoms. The van der Waals surface area contributed by atoms with Crippen LogP contribution in [0.3, 0.4) is 0 Å². The van der Waals surface area contributed by atoms with E-state index in [0.29, 0.717) is 51.2 Å². The molecule has 0 amide bonds. The van der Waals surface area contributed by atoms with Gasteiger partial charge < -0.3 is 30.0 Å². The first kappa shape index (κ1) is 27.7. The van der Waals surface area contributed by atoms with Crippen molar-refractivity contribution in [2.24, 2.45) is 7.05 Å². The third-order valence-corrected chi connectivity index (χ3v) is 7.94. The smallest absolute Gasteiger partial charge is 0.341 e. The van der Waals surface area contributed by atoms with Crippen LogP contribution < -0.4 is 16.1 Å². The molecule has 6 heterocycles. The number of hydrogen-bond donors (Lipinski definition) is 4. The fourth-order valence-electron chi connectivity index (χ4n) is 5.68. The lowest BCUT2D eigenvalue weighted by atomic mass is 10.0. The molecule has 2 atom stereocenters. The zero-order valence-corrected chi connectivity index (χ0v) is 23.2. The molecule has 0 unspecified atom stereocenters. The second kappa shape index (κ2) is 10.7. The van der Waals surface area contributed by atoms with Crippen molar-refractivity contribution in [1.82, 2.24) is 29.7 Å². The summed E-state index contributed by atoms with van der Waals surface area (Å²) < 4.78 is 35.8.